The van der Waals surface area contributed by atoms with Gasteiger partial charge >= 0.3 is 0 Å². The zero-order valence-corrected chi connectivity index (χ0v) is 10.6. The number of hydrogen-bond acceptors (Lipinski definition) is 5. The number of sulfone groups is 1. The summed E-state index contributed by atoms with van der Waals surface area (Å²) in [6, 6.07) is -0.372. The molecule has 0 spiro atoms. The normalized spacial score (nSPS) is 29.5. The molecule has 1 fully saturated rings. The summed E-state index contributed by atoms with van der Waals surface area (Å²) >= 11 is 0. The second kappa shape index (κ2) is 5.00. The first-order valence-corrected chi connectivity index (χ1v) is 7.31. The number of hydrogen-bond donors (Lipinski definition) is 3. The molecule has 0 radical (unpaired) electrons. The van der Waals surface area contributed by atoms with Crippen LogP contribution in [0.4, 0.5) is 0 Å². The monoisotopic (exact) mass is 251 g/mol. The van der Waals surface area contributed by atoms with Gasteiger partial charge in [0.05, 0.1) is 17.6 Å². The summed E-state index contributed by atoms with van der Waals surface area (Å²) in [5, 5.41) is 21.5. The first-order chi connectivity index (χ1) is 7.26. The van der Waals surface area contributed by atoms with Gasteiger partial charge in [-0.2, -0.15) is 0 Å². The SMILES string of the molecule is CC(C)(CCO)CNC1CS(=O)(=O)CC1O. The topological polar surface area (TPSA) is 86.6 Å². The van der Waals surface area contributed by atoms with Crippen molar-refractivity contribution < 1.29 is 18.6 Å². The van der Waals surface area contributed by atoms with E-state index in [2.05, 4.69) is 5.32 Å². The molecule has 0 bridgehead atoms. The molecule has 6 heteroatoms. The smallest absolute Gasteiger partial charge is 0.154 e. The predicted octanol–water partition coefficient (Wildman–Crippen LogP) is -0.857. The van der Waals surface area contributed by atoms with Gasteiger partial charge in [-0.1, -0.05) is 13.8 Å². The zero-order valence-electron chi connectivity index (χ0n) is 9.81. The highest BCUT2D eigenvalue weighted by molar-refractivity contribution is 7.91. The standard InChI is InChI=1S/C10H21NO4S/c1-10(2,3-4-12)7-11-8-5-16(14,15)6-9(8)13/h8-9,11-13H,3-7H2,1-2H3. The van der Waals surface area contributed by atoms with Crippen LogP contribution in [0, 0.1) is 5.41 Å². The molecule has 5 nitrogen and oxygen atoms in total. The molecule has 1 saturated heterocycles. The van der Waals surface area contributed by atoms with Gasteiger partial charge in [0.1, 0.15) is 0 Å². The molecular formula is C10H21NO4S. The van der Waals surface area contributed by atoms with E-state index in [1.807, 2.05) is 13.8 Å². The van der Waals surface area contributed by atoms with Gasteiger partial charge in [-0.05, 0) is 11.8 Å². The van der Waals surface area contributed by atoms with Crippen molar-refractivity contribution in [3.63, 3.8) is 0 Å². The minimum atomic E-state index is -3.09. The first-order valence-electron chi connectivity index (χ1n) is 5.48. The van der Waals surface area contributed by atoms with Crippen molar-refractivity contribution in [2.24, 2.45) is 5.41 Å². The number of rotatable bonds is 5. The van der Waals surface area contributed by atoms with Gasteiger partial charge < -0.3 is 15.5 Å². The van der Waals surface area contributed by atoms with Crippen LogP contribution in [-0.4, -0.2) is 55.4 Å². The average molecular weight is 251 g/mol. The summed E-state index contributed by atoms with van der Waals surface area (Å²) in [5.74, 6) is -0.144. The van der Waals surface area contributed by atoms with Gasteiger partial charge in [-0.15, -0.1) is 0 Å². The molecule has 2 atom stereocenters. The molecule has 96 valence electrons. The third-order valence-electron chi connectivity index (χ3n) is 2.95. The van der Waals surface area contributed by atoms with Gasteiger partial charge in [0, 0.05) is 19.2 Å². The maximum Gasteiger partial charge on any atom is 0.154 e. The van der Waals surface area contributed by atoms with Crippen LogP contribution in [0.1, 0.15) is 20.3 Å². The van der Waals surface area contributed by atoms with E-state index in [9.17, 15) is 13.5 Å². The van der Waals surface area contributed by atoms with Gasteiger partial charge in [0.15, 0.2) is 9.84 Å². The van der Waals surface area contributed by atoms with Crippen LogP contribution in [0.25, 0.3) is 0 Å². The van der Waals surface area contributed by atoms with Crippen LogP contribution in [0.2, 0.25) is 0 Å². The molecule has 0 aliphatic carbocycles. The van der Waals surface area contributed by atoms with Crippen LogP contribution in [0.15, 0.2) is 0 Å². The summed E-state index contributed by atoms with van der Waals surface area (Å²) < 4.78 is 22.5. The van der Waals surface area contributed by atoms with Crippen molar-refractivity contribution in [3.8, 4) is 0 Å². The summed E-state index contributed by atoms with van der Waals surface area (Å²) in [6.45, 7) is 4.68. The van der Waals surface area contributed by atoms with Gasteiger partial charge in [0.25, 0.3) is 0 Å². The predicted molar refractivity (Wildman–Crippen MR) is 61.9 cm³/mol. The molecule has 0 aromatic rings. The van der Waals surface area contributed by atoms with E-state index in [4.69, 9.17) is 5.11 Å². The fourth-order valence-corrected chi connectivity index (χ4v) is 3.60. The third kappa shape index (κ3) is 4.01. The first kappa shape index (κ1) is 13.9. The fraction of sp³-hybridized carbons (Fsp3) is 1.00. The lowest BCUT2D eigenvalue weighted by Gasteiger charge is -2.26. The molecule has 0 saturated carbocycles. The van der Waals surface area contributed by atoms with E-state index >= 15 is 0 Å². The van der Waals surface area contributed by atoms with Crippen LogP contribution in [0.5, 0.6) is 0 Å². The fourth-order valence-electron chi connectivity index (χ4n) is 1.82. The zero-order chi connectivity index (χ0) is 12.4. The summed E-state index contributed by atoms with van der Waals surface area (Å²) in [7, 11) is -3.09. The van der Waals surface area contributed by atoms with Crippen molar-refractivity contribution in [3.05, 3.63) is 0 Å². The average Bonchev–Trinajstić information content (AvgIpc) is 2.36. The molecule has 16 heavy (non-hydrogen) atoms. The lowest BCUT2D eigenvalue weighted by atomic mass is 9.89. The molecule has 0 aromatic carbocycles. The number of aliphatic hydroxyl groups is 2. The summed E-state index contributed by atoms with van der Waals surface area (Å²) in [4.78, 5) is 0. The molecular weight excluding hydrogens is 230 g/mol. The highest BCUT2D eigenvalue weighted by Crippen LogP contribution is 2.20. The Morgan fingerprint density at radius 1 is 1.38 bits per heavy atom. The Morgan fingerprint density at radius 3 is 2.44 bits per heavy atom. The molecule has 2 unspecified atom stereocenters. The van der Waals surface area contributed by atoms with Crippen molar-refractivity contribution in [1.29, 1.82) is 0 Å². The molecule has 1 rings (SSSR count). The Bertz CT molecular complexity index is 326. The van der Waals surface area contributed by atoms with Crippen LogP contribution < -0.4 is 5.32 Å². The lowest BCUT2D eigenvalue weighted by molar-refractivity contribution is 0.149. The van der Waals surface area contributed by atoms with Crippen molar-refractivity contribution >= 4 is 9.84 Å². The highest BCUT2D eigenvalue weighted by atomic mass is 32.2. The number of aliphatic hydroxyl groups excluding tert-OH is 2. The van der Waals surface area contributed by atoms with E-state index in [1.165, 1.54) is 0 Å². The van der Waals surface area contributed by atoms with Crippen molar-refractivity contribution in [1.82, 2.24) is 5.32 Å². The Morgan fingerprint density at radius 2 is 2.00 bits per heavy atom. The second-order valence-electron chi connectivity index (χ2n) is 5.27. The minimum absolute atomic E-state index is 0.00334. The van der Waals surface area contributed by atoms with Crippen molar-refractivity contribution in [2.75, 3.05) is 24.7 Å². The molecule has 3 N–H and O–H groups in total. The molecule has 0 amide bonds. The molecule has 1 aliphatic rings. The highest BCUT2D eigenvalue weighted by Gasteiger charge is 2.36. The molecule has 0 aromatic heterocycles. The van der Waals surface area contributed by atoms with Crippen LogP contribution >= 0.6 is 0 Å². The Labute approximate surface area is 96.8 Å². The largest absolute Gasteiger partial charge is 0.396 e. The quantitative estimate of drug-likeness (QED) is 0.592. The van der Waals surface area contributed by atoms with E-state index in [0.717, 1.165) is 0 Å². The van der Waals surface area contributed by atoms with Gasteiger partial charge in [0.2, 0.25) is 0 Å². The molecule has 1 aliphatic heterocycles. The number of nitrogens with one attached hydrogen (secondary N) is 1. The van der Waals surface area contributed by atoms with Gasteiger partial charge in [-0.3, -0.25) is 0 Å². The maximum atomic E-state index is 11.3. The minimum Gasteiger partial charge on any atom is -0.396 e. The Kier molecular flexibility index (Phi) is 4.34. The summed E-state index contributed by atoms with van der Waals surface area (Å²) in [5.41, 5.74) is -0.0964. The lowest BCUT2D eigenvalue weighted by Crippen LogP contribution is -2.43. The third-order valence-corrected chi connectivity index (χ3v) is 4.67. The van der Waals surface area contributed by atoms with E-state index in [0.29, 0.717) is 13.0 Å². The van der Waals surface area contributed by atoms with Crippen LogP contribution in [-0.2, 0) is 9.84 Å². The van der Waals surface area contributed by atoms with E-state index in [-0.39, 0.29) is 29.6 Å². The molecule has 1 heterocycles. The maximum absolute atomic E-state index is 11.3. The summed E-state index contributed by atoms with van der Waals surface area (Å²) in [6.07, 6.45) is -0.162. The van der Waals surface area contributed by atoms with E-state index < -0.39 is 15.9 Å². The van der Waals surface area contributed by atoms with Gasteiger partial charge in [-0.25, -0.2) is 8.42 Å². The van der Waals surface area contributed by atoms with E-state index in [1.54, 1.807) is 0 Å². The second-order valence-corrected chi connectivity index (χ2v) is 7.42. The van der Waals surface area contributed by atoms with Crippen LogP contribution in [0.3, 0.4) is 0 Å². The van der Waals surface area contributed by atoms with Crippen molar-refractivity contribution in [2.45, 2.75) is 32.4 Å². The Balaban J connectivity index is 2.45. The Hall–Kier alpha value is -0.170.